The molecule has 11 atom stereocenters. The minimum Gasteiger partial charge on any atom is -0.459 e. The summed E-state index contributed by atoms with van der Waals surface area (Å²) in [6.45, 7) is 5.18. The van der Waals surface area contributed by atoms with Crippen LogP contribution in [-0.4, -0.2) is 113 Å². The van der Waals surface area contributed by atoms with E-state index in [-0.39, 0.29) is 44.9 Å². The normalized spacial score (nSPS) is 37.5. The molecule has 0 aliphatic carbocycles. The minimum atomic E-state index is -1.52. The van der Waals surface area contributed by atoms with Gasteiger partial charge in [0.2, 0.25) is 0 Å². The van der Waals surface area contributed by atoms with Crippen molar-refractivity contribution >= 4 is 5.97 Å². The van der Waals surface area contributed by atoms with Crippen molar-refractivity contribution in [3.05, 3.63) is 60.3 Å². The molecule has 0 aromatic carbocycles. The maximum Gasteiger partial charge on any atom is 0.314 e. The van der Waals surface area contributed by atoms with Crippen LogP contribution in [0.4, 0.5) is 0 Å². The van der Waals surface area contributed by atoms with E-state index in [1.54, 1.807) is 55.5 Å². The second-order valence-electron chi connectivity index (χ2n) is 12.4. The molecule has 11 heteroatoms. The van der Waals surface area contributed by atoms with Crippen molar-refractivity contribution in [2.45, 2.75) is 146 Å². The van der Waals surface area contributed by atoms with Crippen LogP contribution in [0.15, 0.2) is 60.3 Å². The first kappa shape index (κ1) is 41.8. The third kappa shape index (κ3) is 17.7. The summed E-state index contributed by atoms with van der Waals surface area (Å²) < 4.78 is 5.42. The average molecular weight is 655 g/mol. The lowest BCUT2D eigenvalue weighted by atomic mass is 9.87. The highest BCUT2D eigenvalue weighted by molar-refractivity contribution is 5.74. The van der Waals surface area contributed by atoms with E-state index in [0.29, 0.717) is 12.0 Å². The van der Waals surface area contributed by atoms with E-state index in [2.05, 4.69) is 0 Å². The first-order valence-corrected chi connectivity index (χ1v) is 16.4. The lowest BCUT2D eigenvalue weighted by Crippen LogP contribution is -2.43. The molecule has 0 aromatic rings. The molecule has 11 nitrogen and oxygen atoms in total. The molecule has 0 radical (unpaired) electrons. The number of hydrogen-bond acceptors (Lipinski definition) is 11. The average Bonchev–Trinajstić information content (AvgIpc) is 2.94. The third-order valence-electron chi connectivity index (χ3n) is 8.03. The number of hydrogen-bond donors (Lipinski definition) is 9. The Hall–Kier alpha value is -2.19. The van der Waals surface area contributed by atoms with Gasteiger partial charge in [-0.2, -0.15) is 0 Å². The lowest BCUT2D eigenvalue weighted by Gasteiger charge is -2.29. The topological polar surface area (TPSA) is 208 Å². The van der Waals surface area contributed by atoms with Crippen molar-refractivity contribution in [3.8, 4) is 0 Å². The number of cyclic esters (lactones) is 1. The molecule has 1 aliphatic heterocycles. The number of unbranched alkanes of at least 4 members (excludes halogenated alkanes) is 2. The van der Waals surface area contributed by atoms with Crippen LogP contribution in [0.3, 0.4) is 0 Å². The molecule has 0 fully saturated rings. The van der Waals surface area contributed by atoms with Crippen LogP contribution >= 0.6 is 0 Å². The van der Waals surface area contributed by atoms with Gasteiger partial charge < -0.3 is 50.7 Å². The highest BCUT2D eigenvalue weighted by Gasteiger charge is 2.37. The fourth-order valence-corrected chi connectivity index (χ4v) is 5.27. The zero-order valence-corrected chi connectivity index (χ0v) is 27.5. The maximum absolute atomic E-state index is 13.1. The molecule has 0 saturated heterocycles. The van der Waals surface area contributed by atoms with E-state index in [1.165, 1.54) is 13.0 Å². The summed E-state index contributed by atoms with van der Waals surface area (Å²) in [4.78, 5) is 13.1. The van der Waals surface area contributed by atoms with E-state index >= 15 is 0 Å². The van der Waals surface area contributed by atoms with Crippen LogP contribution < -0.4 is 0 Å². The highest BCUT2D eigenvalue weighted by atomic mass is 16.6. The summed E-state index contributed by atoms with van der Waals surface area (Å²) in [5.41, 5.74) is 0.609. The second kappa shape index (κ2) is 23.2. The molecular formula is C35H58O11. The summed E-state index contributed by atoms with van der Waals surface area (Å²) in [5.74, 6) is -2.33. The zero-order valence-electron chi connectivity index (χ0n) is 27.5. The smallest absolute Gasteiger partial charge is 0.314 e. The summed E-state index contributed by atoms with van der Waals surface area (Å²) >= 11 is 0. The van der Waals surface area contributed by atoms with Crippen molar-refractivity contribution < 1.29 is 55.5 Å². The van der Waals surface area contributed by atoms with Gasteiger partial charge in [-0.15, -0.1) is 0 Å². The predicted octanol–water partition coefficient (Wildman–Crippen LogP) is 1.89. The second-order valence-corrected chi connectivity index (χ2v) is 12.4. The van der Waals surface area contributed by atoms with E-state index in [4.69, 9.17) is 4.74 Å². The van der Waals surface area contributed by atoms with Gasteiger partial charge in [0.15, 0.2) is 0 Å². The van der Waals surface area contributed by atoms with Gasteiger partial charge in [0, 0.05) is 12.8 Å². The molecule has 264 valence electrons. The molecule has 0 amide bonds. The van der Waals surface area contributed by atoms with Crippen molar-refractivity contribution in [2.24, 2.45) is 5.92 Å². The fourth-order valence-electron chi connectivity index (χ4n) is 5.27. The van der Waals surface area contributed by atoms with Crippen molar-refractivity contribution in [1.82, 2.24) is 0 Å². The van der Waals surface area contributed by atoms with E-state index in [1.807, 2.05) is 6.92 Å². The molecule has 9 N–H and O–H groups in total. The Bertz CT molecular complexity index is 991. The number of aliphatic hydroxyl groups is 9. The van der Waals surface area contributed by atoms with Crippen LogP contribution in [0.25, 0.3) is 0 Å². The van der Waals surface area contributed by atoms with Crippen LogP contribution in [-0.2, 0) is 9.53 Å². The highest BCUT2D eigenvalue weighted by Crippen LogP contribution is 2.24. The first-order valence-electron chi connectivity index (χ1n) is 16.4. The van der Waals surface area contributed by atoms with Gasteiger partial charge in [-0.3, -0.25) is 4.79 Å². The minimum absolute atomic E-state index is 0.0162. The molecule has 1 rings (SSSR count). The zero-order chi connectivity index (χ0) is 34.6. The Morgan fingerprint density at radius 1 is 0.717 bits per heavy atom. The Kier molecular flexibility index (Phi) is 21.1. The molecule has 0 saturated carbocycles. The van der Waals surface area contributed by atoms with Crippen LogP contribution in [0.1, 0.15) is 85.0 Å². The van der Waals surface area contributed by atoms with Gasteiger partial charge >= 0.3 is 5.97 Å². The number of ether oxygens (including phenoxy) is 1. The van der Waals surface area contributed by atoms with Crippen LogP contribution in [0.5, 0.6) is 0 Å². The molecule has 0 unspecified atom stereocenters. The van der Waals surface area contributed by atoms with Crippen molar-refractivity contribution in [2.75, 3.05) is 0 Å². The Morgan fingerprint density at radius 3 is 1.74 bits per heavy atom. The monoisotopic (exact) mass is 654 g/mol. The number of aliphatic hydroxyl groups excluding tert-OH is 9. The summed E-state index contributed by atoms with van der Waals surface area (Å²) in [6, 6.07) is 0. The molecule has 1 heterocycles. The largest absolute Gasteiger partial charge is 0.459 e. The van der Waals surface area contributed by atoms with E-state index in [9.17, 15) is 50.8 Å². The third-order valence-corrected chi connectivity index (χ3v) is 8.03. The van der Waals surface area contributed by atoms with Gasteiger partial charge in [0.05, 0.1) is 48.8 Å². The van der Waals surface area contributed by atoms with Gasteiger partial charge in [-0.05, 0) is 51.5 Å². The molecule has 1 aliphatic rings. The predicted molar refractivity (Wildman–Crippen MR) is 175 cm³/mol. The van der Waals surface area contributed by atoms with E-state index in [0.717, 1.165) is 12.8 Å². The maximum atomic E-state index is 13.1. The molecule has 46 heavy (non-hydrogen) atoms. The number of rotatable bonds is 5. The van der Waals surface area contributed by atoms with E-state index < -0.39 is 72.9 Å². The van der Waals surface area contributed by atoms with Crippen LogP contribution in [0.2, 0.25) is 0 Å². The standard InChI is InChI=1S/C35H58O11/c1-4-5-11-16-31(42)34-33(44)22-29(40)20-27(38)18-25(36)17-26(37)19-28(39)21-32(43)23(2)14-12-9-7-6-8-10-13-15-30(41)24(3)46-35(34)45/h6-10,12-15,24-34,36-44H,4-5,11,16-22H2,1-3H3/b7-6+,10-8+,12-9+,15-13+,23-14?/t24-,25+,26-,27+,28-,29+,30+,31-,32+,33+,34-/m1/s1. The fraction of sp³-hybridized carbons (Fsp3) is 0.686. The van der Waals surface area contributed by atoms with Gasteiger partial charge in [-0.1, -0.05) is 80.9 Å². The SMILES string of the molecule is CCCCC[C@@H](O)[C@H]1C(=O)O[C@H](C)[C@@H](O)/C=C/C=C/C=C/C=C/C=C(C)[C@@H](O)C[C@H](O)C[C@H](O)C[C@H](O)C[C@H](O)C[C@H](O)C[C@@H]1O. The lowest BCUT2D eigenvalue weighted by molar-refractivity contribution is -0.168. The molecule has 0 spiro atoms. The number of carbonyl (C=O) groups excluding carboxylic acids is 1. The summed E-state index contributed by atoms with van der Waals surface area (Å²) in [6.07, 6.45) is 4.69. The molecule has 0 aromatic heterocycles. The van der Waals surface area contributed by atoms with Crippen molar-refractivity contribution in [1.29, 1.82) is 0 Å². The molecular weight excluding hydrogens is 596 g/mol. The van der Waals surface area contributed by atoms with Gasteiger partial charge in [0.25, 0.3) is 0 Å². The summed E-state index contributed by atoms with van der Waals surface area (Å²) in [7, 11) is 0. The summed E-state index contributed by atoms with van der Waals surface area (Å²) in [5, 5.41) is 94.8. The first-order chi connectivity index (χ1) is 21.7. The Labute approximate surface area is 273 Å². The number of esters is 1. The van der Waals surface area contributed by atoms with Crippen molar-refractivity contribution in [3.63, 3.8) is 0 Å². The quantitative estimate of drug-likeness (QED) is 0.154. The van der Waals surface area contributed by atoms with Gasteiger partial charge in [-0.25, -0.2) is 0 Å². The molecule has 0 bridgehead atoms. The number of allylic oxidation sites excluding steroid dienone is 8. The Morgan fingerprint density at radius 2 is 1.20 bits per heavy atom. The number of carbonyl (C=O) groups is 1. The van der Waals surface area contributed by atoms with Gasteiger partial charge in [0.1, 0.15) is 18.1 Å². The Balaban J connectivity index is 3.14. The van der Waals surface area contributed by atoms with Crippen LogP contribution in [0, 0.1) is 5.92 Å².